The summed E-state index contributed by atoms with van der Waals surface area (Å²) in [5, 5.41) is 4.66. The van der Waals surface area contributed by atoms with E-state index in [9.17, 15) is 9.59 Å². The molecule has 0 aromatic carbocycles. The smallest absolute Gasteiger partial charge is 0.409 e. The van der Waals surface area contributed by atoms with Gasteiger partial charge in [0.15, 0.2) is 0 Å². The molecule has 16 heavy (non-hydrogen) atoms. The maximum atomic E-state index is 11.1. The van der Waals surface area contributed by atoms with Crippen LogP contribution in [0.1, 0.15) is 20.8 Å². The lowest BCUT2D eigenvalue weighted by Gasteiger charge is -2.19. The summed E-state index contributed by atoms with van der Waals surface area (Å²) < 4.78 is 9.56. The van der Waals surface area contributed by atoms with Gasteiger partial charge < -0.3 is 20.1 Å². The third kappa shape index (κ3) is 8.86. The van der Waals surface area contributed by atoms with Crippen molar-refractivity contribution in [3.05, 3.63) is 12.7 Å². The van der Waals surface area contributed by atoms with Gasteiger partial charge in [-0.2, -0.15) is 0 Å². The van der Waals surface area contributed by atoms with E-state index in [0.717, 1.165) is 0 Å². The molecule has 0 saturated carbocycles. The number of hydrogen-bond acceptors (Lipinski definition) is 4. The summed E-state index contributed by atoms with van der Waals surface area (Å²) in [6, 6.07) is 0. The van der Waals surface area contributed by atoms with Gasteiger partial charge in [0, 0.05) is 0 Å². The van der Waals surface area contributed by atoms with Crippen LogP contribution in [0.15, 0.2) is 12.7 Å². The van der Waals surface area contributed by atoms with Gasteiger partial charge in [0.1, 0.15) is 12.2 Å². The molecule has 6 heteroatoms. The van der Waals surface area contributed by atoms with Crippen LogP contribution in [-0.4, -0.2) is 31.1 Å². The van der Waals surface area contributed by atoms with E-state index in [1.807, 2.05) is 0 Å². The van der Waals surface area contributed by atoms with Crippen molar-refractivity contribution in [2.45, 2.75) is 26.4 Å². The largest absolute Gasteiger partial charge is 0.445 e. The normalized spacial score (nSPS) is 10.2. The fraction of sp³-hybridized carbons (Fsp3) is 0.600. The molecule has 0 radical (unpaired) electrons. The molecule has 0 aromatic rings. The van der Waals surface area contributed by atoms with Crippen molar-refractivity contribution in [2.75, 3.05) is 13.3 Å². The minimum atomic E-state index is -0.629. The monoisotopic (exact) mass is 230 g/mol. The molecule has 0 fully saturated rings. The highest BCUT2D eigenvalue weighted by Gasteiger charge is 2.15. The second-order valence-corrected chi connectivity index (χ2v) is 3.92. The maximum absolute atomic E-state index is 11.1. The fourth-order valence-electron chi connectivity index (χ4n) is 0.688. The number of alkyl carbamates (subject to hydrolysis) is 2. The van der Waals surface area contributed by atoms with E-state index in [4.69, 9.17) is 4.74 Å². The minimum Gasteiger partial charge on any atom is -0.445 e. The highest BCUT2D eigenvalue weighted by atomic mass is 16.6. The first-order chi connectivity index (χ1) is 7.35. The Morgan fingerprint density at radius 2 is 1.81 bits per heavy atom. The summed E-state index contributed by atoms with van der Waals surface area (Å²) in [5.41, 5.74) is -0.562. The first kappa shape index (κ1) is 14.3. The summed E-state index contributed by atoms with van der Waals surface area (Å²) >= 11 is 0. The van der Waals surface area contributed by atoms with Crippen molar-refractivity contribution >= 4 is 12.2 Å². The molecule has 0 rings (SSSR count). The fourth-order valence-corrected chi connectivity index (χ4v) is 0.688. The summed E-state index contributed by atoms with van der Waals surface area (Å²) in [5.74, 6) is 0. The molecule has 0 spiro atoms. The topological polar surface area (TPSA) is 76.7 Å². The molecule has 0 aliphatic rings. The second kappa shape index (κ2) is 6.71. The molecular weight excluding hydrogens is 212 g/mol. The van der Waals surface area contributed by atoms with Crippen molar-refractivity contribution in [1.29, 1.82) is 0 Å². The van der Waals surface area contributed by atoms with E-state index in [0.29, 0.717) is 0 Å². The second-order valence-electron chi connectivity index (χ2n) is 3.92. The molecule has 6 nitrogen and oxygen atoms in total. The maximum Gasteiger partial charge on any atom is 0.409 e. The number of carbonyl (C=O) groups is 2. The molecule has 0 bridgehead atoms. The molecule has 2 amide bonds. The summed E-state index contributed by atoms with van der Waals surface area (Å²) in [7, 11) is 0. The van der Waals surface area contributed by atoms with Crippen LogP contribution in [-0.2, 0) is 9.47 Å². The lowest BCUT2D eigenvalue weighted by molar-refractivity contribution is 0.0523. The van der Waals surface area contributed by atoms with Gasteiger partial charge >= 0.3 is 12.2 Å². The Balaban J connectivity index is 3.62. The van der Waals surface area contributed by atoms with Gasteiger partial charge in [0.25, 0.3) is 0 Å². The molecular formula is C10H18N2O4. The van der Waals surface area contributed by atoms with E-state index < -0.39 is 17.8 Å². The Bertz CT molecular complexity index is 258. The van der Waals surface area contributed by atoms with Gasteiger partial charge in [-0.05, 0) is 20.8 Å². The zero-order chi connectivity index (χ0) is 12.6. The SMILES string of the molecule is C=CCOC(=O)NCNC(=O)OC(C)(C)C. The highest BCUT2D eigenvalue weighted by Crippen LogP contribution is 2.05. The van der Waals surface area contributed by atoms with Crippen LogP contribution in [0.25, 0.3) is 0 Å². The summed E-state index contributed by atoms with van der Waals surface area (Å²) in [6.07, 6.45) is 0.216. The number of nitrogens with one attached hydrogen (secondary N) is 2. The minimum absolute atomic E-state index is 0.0507. The van der Waals surface area contributed by atoms with Crippen LogP contribution >= 0.6 is 0 Å². The number of amides is 2. The van der Waals surface area contributed by atoms with Crippen molar-refractivity contribution in [2.24, 2.45) is 0 Å². The molecule has 0 heterocycles. The van der Waals surface area contributed by atoms with Gasteiger partial charge in [0.05, 0.1) is 6.67 Å². The Labute approximate surface area is 95.0 Å². The number of hydrogen-bond donors (Lipinski definition) is 2. The van der Waals surface area contributed by atoms with Crippen molar-refractivity contribution in [3.8, 4) is 0 Å². The van der Waals surface area contributed by atoms with Gasteiger partial charge in [0.2, 0.25) is 0 Å². The third-order valence-corrected chi connectivity index (χ3v) is 1.20. The van der Waals surface area contributed by atoms with Gasteiger partial charge in [-0.1, -0.05) is 12.7 Å². The van der Waals surface area contributed by atoms with E-state index in [-0.39, 0.29) is 13.3 Å². The lowest BCUT2D eigenvalue weighted by atomic mass is 10.2. The number of ether oxygens (including phenoxy) is 2. The molecule has 0 atom stereocenters. The van der Waals surface area contributed by atoms with Crippen molar-refractivity contribution in [3.63, 3.8) is 0 Å². The molecule has 0 saturated heterocycles. The van der Waals surface area contributed by atoms with Crippen LogP contribution in [0.2, 0.25) is 0 Å². The molecule has 92 valence electrons. The third-order valence-electron chi connectivity index (χ3n) is 1.20. The zero-order valence-corrected chi connectivity index (χ0v) is 9.83. The number of carbonyl (C=O) groups excluding carboxylic acids is 2. The van der Waals surface area contributed by atoms with Crippen molar-refractivity contribution in [1.82, 2.24) is 10.6 Å². The van der Waals surface area contributed by atoms with Crippen LogP contribution in [0.4, 0.5) is 9.59 Å². The van der Waals surface area contributed by atoms with Crippen LogP contribution < -0.4 is 10.6 Å². The Morgan fingerprint density at radius 3 is 2.31 bits per heavy atom. The van der Waals surface area contributed by atoms with E-state index >= 15 is 0 Å². The van der Waals surface area contributed by atoms with Crippen LogP contribution in [0.5, 0.6) is 0 Å². The molecule has 2 N–H and O–H groups in total. The van der Waals surface area contributed by atoms with Gasteiger partial charge in [-0.25, -0.2) is 9.59 Å². The first-order valence-electron chi connectivity index (χ1n) is 4.83. The zero-order valence-electron chi connectivity index (χ0n) is 9.83. The summed E-state index contributed by atoms with van der Waals surface area (Å²) in [6.45, 7) is 8.70. The Morgan fingerprint density at radius 1 is 1.25 bits per heavy atom. The van der Waals surface area contributed by atoms with Crippen molar-refractivity contribution < 1.29 is 19.1 Å². The lowest BCUT2D eigenvalue weighted by Crippen LogP contribution is -2.40. The van der Waals surface area contributed by atoms with Crippen LogP contribution in [0, 0.1) is 0 Å². The Kier molecular flexibility index (Phi) is 5.99. The molecule has 0 aliphatic carbocycles. The quantitative estimate of drug-likeness (QED) is 0.565. The Hall–Kier alpha value is -1.72. The van der Waals surface area contributed by atoms with Crippen LogP contribution in [0.3, 0.4) is 0 Å². The predicted octanol–water partition coefficient (Wildman–Crippen LogP) is 1.38. The molecule has 0 aromatic heterocycles. The van der Waals surface area contributed by atoms with Gasteiger partial charge in [-0.3, -0.25) is 0 Å². The molecule has 0 aliphatic heterocycles. The predicted molar refractivity (Wildman–Crippen MR) is 58.9 cm³/mol. The van der Waals surface area contributed by atoms with Gasteiger partial charge in [-0.15, -0.1) is 0 Å². The van der Waals surface area contributed by atoms with E-state index in [1.165, 1.54) is 6.08 Å². The summed E-state index contributed by atoms with van der Waals surface area (Å²) in [4.78, 5) is 22.0. The average Bonchev–Trinajstić information content (AvgIpc) is 2.11. The van der Waals surface area contributed by atoms with E-state index in [2.05, 4.69) is 21.9 Å². The highest BCUT2D eigenvalue weighted by molar-refractivity contribution is 5.70. The first-order valence-corrected chi connectivity index (χ1v) is 4.83. The van der Waals surface area contributed by atoms with E-state index in [1.54, 1.807) is 20.8 Å². The standard InChI is InChI=1S/C10H18N2O4/c1-5-6-15-8(13)11-7-12-9(14)16-10(2,3)4/h5H,1,6-7H2,2-4H3,(H,11,13)(H,12,14). The number of rotatable bonds is 4. The average molecular weight is 230 g/mol. The molecule has 0 unspecified atom stereocenters.